The van der Waals surface area contributed by atoms with Gasteiger partial charge in [0.2, 0.25) is 0 Å². The van der Waals surface area contributed by atoms with E-state index in [1.165, 1.54) is 129 Å². The van der Waals surface area contributed by atoms with Crippen molar-refractivity contribution in [1.82, 2.24) is 0 Å². The first-order chi connectivity index (χ1) is 12.7. The summed E-state index contributed by atoms with van der Waals surface area (Å²) in [7, 11) is 7.37. The number of halogens is 1. The Morgan fingerprint density at radius 2 is 0.615 bits per heavy atom. The second-order valence-corrected chi connectivity index (χ2v) is 24.9. The summed E-state index contributed by atoms with van der Waals surface area (Å²) in [5, 5.41) is 0. The molecule has 0 aromatic rings. The van der Waals surface area contributed by atoms with Gasteiger partial charge in [-0.25, -0.2) is 0 Å². The Morgan fingerprint density at radius 1 is 0.385 bits per heavy atom. The van der Waals surface area contributed by atoms with Crippen molar-refractivity contribution in [1.29, 1.82) is 0 Å². The molecule has 26 heavy (non-hydrogen) atoms. The van der Waals surface area contributed by atoms with Gasteiger partial charge >= 0.3 is 176 Å². The summed E-state index contributed by atoms with van der Waals surface area (Å²) in [5.74, 6) is 0. The molecular formula is C24H51ClSn. The molecule has 0 bridgehead atoms. The van der Waals surface area contributed by atoms with Crippen molar-refractivity contribution in [2.75, 3.05) is 0 Å². The molecule has 0 atom stereocenters. The summed E-state index contributed by atoms with van der Waals surface area (Å²) in [5.41, 5.74) is 0. The van der Waals surface area contributed by atoms with Gasteiger partial charge in [0.25, 0.3) is 0 Å². The van der Waals surface area contributed by atoms with Gasteiger partial charge in [-0.05, 0) is 0 Å². The number of unbranched alkanes of at least 4 members (excludes halogenated alkanes) is 15. The summed E-state index contributed by atoms with van der Waals surface area (Å²) in [4.78, 5) is 0. The SMILES string of the molecule is CCCCCCC[CH2][Sn]([Cl])([CH2]CCCCCCC)[CH2]CCCCCCC. The maximum absolute atomic E-state index is 7.37. The fraction of sp³-hybridized carbons (Fsp3) is 1.00. The van der Waals surface area contributed by atoms with Gasteiger partial charge in [0.1, 0.15) is 0 Å². The topological polar surface area (TPSA) is 0 Å². The van der Waals surface area contributed by atoms with Gasteiger partial charge in [-0.1, -0.05) is 0 Å². The van der Waals surface area contributed by atoms with Crippen molar-refractivity contribution in [3.8, 4) is 0 Å². The number of rotatable bonds is 21. The molecule has 0 nitrogen and oxygen atoms in total. The van der Waals surface area contributed by atoms with Crippen LogP contribution in [0.5, 0.6) is 0 Å². The van der Waals surface area contributed by atoms with Crippen molar-refractivity contribution in [2.24, 2.45) is 0 Å². The van der Waals surface area contributed by atoms with Gasteiger partial charge in [0.05, 0.1) is 0 Å². The Hall–Kier alpha value is 1.09. The third-order valence-corrected chi connectivity index (χ3v) is 20.4. The Balaban J connectivity index is 4.02. The van der Waals surface area contributed by atoms with Gasteiger partial charge in [-0.15, -0.1) is 0 Å². The molecule has 0 radical (unpaired) electrons. The number of hydrogen-bond donors (Lipinski definition) is 0. The van der Waals surface area contributed by atoms with Gasteiger partial charge in [-0.2, -0.15) is 0 Å². The van der Waals surface area contributed by atoms with Gasteiger partial charge in [-0.3, -0.25) is 0 Å². The molecule has 158 valence electrons. The van der Waals surface area contributed by atoms with Gasteiger partial charge in [0.15, 0.2) is 0 Å². The Kier molecular flexibility index (Phi) is 21.7. The molecule has 2 heteroatoms. The molecule has 0 amide bonds. The number of hydrogen-bond acceptors (Lipinski definition) is 0. The summed E-state index contributed by atoms with van der Waals surface area (Å²) in [6, 6.07) is 0. The normalized spacial score (nSPS) is 12.0. The van der Waals surface area contributed by atoms with Crippen molar-refractivity contribution >= 4 is 26.2 Å². The molecule has 0 heterocycles. The van der Waals surface area contributed by atoms with E-state index in [0.29, 0.717) is 0 Å². The van der Waals surface area contributed by atoms with Crippen LogP contribution in [0, 0.1) is 0 Å². The predicted molar refractivity (Wildman–Crippen MR) is 126 cm³/mol. The molecule has 0 aliphatic carbocycles. The summed E-state index contributed by atoms with van der Waals surface area (Å²) in [6.07, 6.45) is 25.6. The first-order valence-corrected chi connectivity index (χ1v) is 22.0. The third kappa shape index (κ3) is 18.5. The standard InChI is InChI=1S/3C8H17.ClH.Sn/c3*1-3-5-7-8-6-4-2;;/h3*1,3-8H2,2H3;1H;/q;;;;+1/p-1. The minimum atomic E-state index is -2.30. The first-order valence-electron chi connectivity index (χ1n) is 12.4. The minimum absolute atomic E-state index is 1.36. The van der Waals surface area contributed by atoms with E-state index >= 15 is 0 Å². The van der Waals surface area contributed by atoms with E-state index in [2.05, 4.69) is 20.8 Å². The van der Waals surface area contributed by atoms with Crippen LogP contribution in [0.2, 0.25) is 13.3 Å². The van der Waals surface area contributed by atoms with Crippen molar-refractivity contribution in [2.45, 2.75) is 150 Å². The molecule has 0 aromatic heterocycles. The maximum atomic E-state index is 7.37. The molecule has 0 aliphatic rings. The van der Waals surface area contributed by atoms with Crippen LogP contribution >= 0.6 is 8.92 Å². The monoisotopic (exact) mass is 494 g/mol. The molecule has 0 unspecified atom stereocenters. The summed E-state index contributed by atoms with van der Waals surface area (Å²) >= 11 is -2.30. The Morgan fingerprint density at radius 3 is 0.885 bits per heavy atom. The van der Waals surface area contributed by atoms with E-state index in [9.17, 15) is 0 Å². The summed E-state index contributed by atoms with van der Waals surface area (Å²) in [6.45, 7) is 6.92. The van der Waals surface area contributed by atoms with Crippen molar-refractivity contribution < 1.29 is 0 Å². The fourth-order valence-corrected chi connectivity index (χ4v) is 16.4. The third-order valence-electron chi connectivity index (χ3n) is 5.94. The van der Waals surface area contributed by atoms with Crippen LogP contribution in [0.1, 0.15) is 136 Å². The molecule has 0 rings (SSSR count). The Labute approximate surface area is 175 Å². The predicted octanol–water partition coefficient (Wildman–Crippen LogP) is 10.3. The van der Waals surface area contributed by atoms with E-state index in [4.69, 9.17) is 8.92 Å². The van der Waals surface area contributed by atoms with Crippen LogP contribution < -0.4 is 0 Å². The average Bonchev–Trinajstić information content (AvgIpc) is 2.64. The molecule has 0 fully saturated rings. The van der Waals surface area contributed by atoms with Gasteiger partial charge in [0, 0.05) is 0 Å². The van der Waals surface area contributed by atoms with Crippen LogP contribution in [0.25, 0.3) is 0 Å². The fourth-order valence-electron chi connectivity index (χ4n) is 4.04. The molecule has 0 aromatic carbocycles. The zero-order chi connectivity index (χ0) is 19.3. The second kappa shape index (κ2) is 20.8. The van der Waals surface area contributed by atoms with Crippen molar-refractivity contribution in [3.63, 3.8) is 0 Å². The van der Waals surface area contributed by atoms with Crippen LogP contribution in [-0.4, -0.2) is 17.3 Å². The molecule has 0 saturated carbocycles. The average molecular weight is 494 g/mol. The molecule has 0 N–H and O–H groups in total. The summed E-state index contributed by atoms with van der Waals surface area (Å²) < 4.78 is 4.39. The zero-order valence-corrected chi connectivity index (χ0v) is 22.3. The van der Waals surface area contributed by atoms with Crippen LogP contribution in [0.4, 0.5) is 0 Å². The molecule has 0 spiro atoms. The second-order valence-electron chi connectivity index (χ2n) is 8.70. The van der Waals surface area contributed by atoms with E-state index in [-0.39, 0.29) is 0 Å². The van der Waals surface area contributed by atoms with Crippen LogP contribution in [-0.2, 0) is 0 Å². The van der Waals surface area contributed by atoms with Crippen LogP contribution in [0.15, 0.2) is 0 Å². The Bertz CT molecular complexity index is 226. The van der Waals surface area contributed by atoms with E-state index in [0.717, 1.165) is 0 Å². The first kappa shape index (κ1) is 27.1. The van der Waals surface area contributed by atoms with Crippen LogP contribution in [0.3, 0.4) is 0 Å². The van der Waals surface area contributed by atoms with Crippen molar-refractivity contribution in [3.05, 3.63) is 0 Å². The quantitative estimate of drug-likeness (QED) is 0.110. The zero-order valence-electron chi connectivity index (χ0n) is 18.7. The van der Waals surface area contributed by atoms with E-state index in [1.54, 1.807) is 0 Å². The molecule has 0 saturated heterocycles. The van der Waals surface area contributed by atoms with E-state index in [1.807, 2.05) is 0 Å². The molecule has 0 aliphatic heterocycles. The molecular weight excluding hydrogens is 442 g/mol. The van der Waals surface area contributed by atoms with E-state index < -0.39 is 17.3 Å². The van der Waals surface area contributed by atoms with Gasteiger partial charge < -0.3 is 0 Å².